The molecule has 0 saturated heterocycles. The van der Waals surface area contributed by atoms with Crippen molar-refractivity contribution in [1.29, 1.82) is 0 Å². The van der Waals surface area contributed by atoms with Crippen molar-refractivity contribution in [3.63, 3.8) is 0 Å². The Kier molecular flexibility index (Phi) is 7.08. The Bertz CT molecular complexity index is 207. The van der Waals surface area contributed by atoms with Crippen LogP contribution in [0.15, 0.2) is 0 Å². The van der Waals surface area contributed by atoms with Crippen LogP contribution in [-0.2, 0) is 12.3 Å². The Hall–Kier alpha value is 0.748. The van der Waals surface area contributed by atoms with Crippen molar-refractivity contribution in [2.45, 2.75) is 58.3 Å². The van der Waals surface area contributed by atoms with Gasteiger partial charge in [0, 0.05) is 6.55 Å². The van der Waals surface area contributed by atoms with E-state index in [1.54, 1.807) is 0 Å². The lowest BCUT2D eigenvalue weighted by atomic mass is 10.6. The van der Waals surface area contributed by atoms with Crippen molar-refractivity contribution in [3.8, 4) is 0 Å². The van der Waals surface area contributed by atoms with E-state index < -0.39 is 35.2 Å². The molecule has 0 aliphatic rings. The fraction of sp³-hybridized carbons (Fsp3) is 0.900. The summed E-state index contributed by atoms with van der Waals surface area (Å²) in [6.07, 6.45) is 0.955. The molecular weight excluding hydrogens is 280 g/mol. The lowest BCUT2D eigenvalue weighted by Crippen LogP contribution is -2.55. The van der Waals surface area contributed by atoms with Gasteiger partial charge in [-0.3, -0.25) is 0 Å². The van der Waals surface area contributed by atoms with E-state index in [2.05, 4.69) is 52.8 Å². The van der Waals surface area contributed by atoms with Crippen molar-refractivity contribution in [3.05, 3.63) is 6.92 Å². The summed E-state index contributed by atoms with van der Waals surface area (Å²) in [5.74, 6) is 0. The Morgan fingerprint density at radius 1 is 0.882 bits per heavy atom. The molecule has 7 heteroatoms. The second-order valence-electron chi connectivity index (χ2n) is 6.35. The standard InChI is InChI=1S/C10H29O3Si4/c1-9-10-14-11-17(8,12-15(2,3)4)13-16(5,6)7/h1,9-10,14H2,2-8H3. The SMILES string of the molecule is [CH2]CC[SiH2]O[Si](C)(O[Si](C)(C)C)O[Si](C)(C)C. The van der Waals surface area contributed by atoms with Crippen molar-refractivity contribution in [2.24, 2.45) is 0 Å². The maximum absolute atomic E-state index is 6.23. The van der Waals surface area contributed by atoms with E-state index in [9.17, 15) is 0 Å². The fourth-order valence-electron chi connectivity index (χ4n) is 1.55. The molecule has 1 radical (unpaired) electrons. The highest BCUT2D eigenvalue weighted by Crippen LogP contribution is 2.21. The molecule has 0 bridgehead atoms. The van der Waals surface area contributed by atoms with Crippen LogP contribution in [-0.4, -0.2) is 35.2 Å². The summed E-state index contributed by atoms with van der Waals surface area (Å²) in [7, 11) is -6.16. The first-order valence-corrected chi connectivity index (χ1v) is 16.9. The number of hydrogen-bond acceptors (Lipinski definition) is 3. The highest BCUT2D eigenvalue weighted by atomic mass is 28.5. The van der Waals surface area contributed by atoms with Crippen LogP contribution in [0, 0.1) is 6.92 Å². The van der Waals surface area contributed by atoms with Gasteiger partial charge < -0.3 is 12.3 Å². The van der Waals surface area contributed by atoms with Crippen LogP contribution in [0.3, 0.4) is 0 Å². The van der Waals surface area contributed by atoms with E-state index in [-0.39, 0.29) is 0 Å². The zero-order valence-corrected chi connectivity index (χ0v) is 17.0. The van der Waals surface area contributed by atoms with Gasteiger partial charge in [-0.25, -0.2) is 0 Å². The summed E-state index contributed by atoms with van der Waals surface area (Å²) in [5.41, 5.74) is 0. The molecule has 0 rings (SSSR count). The highest BCUT2D eigenvalue weighted by Gasteiger charge is 2.42. The molecule has 0 unspecified atom stereocenters. The summed E-state index contributed by atoms with van der Waals surface area (Å²) in [6.45, 7) is 19.1. The molecule has 3 nitrogen and oxygen atoms in total. The van der Waals surface area contributed by atoms with Gasteiger partial charge in [-0.05, 0) is 45.3 Å². The van der Waals surface area contributed by atoms with Crippen LogP contribution in [0.25, 0.3) is 0 Å². The first-order chi connectivity index (χ1) is 7.47. The van der Waals surface area contributed by atoms with Crippen LogP contribution in [0.1, 0.15) is 6.42 Å². The predicted molar refractivity (Wildman–Crippen MR) is 84.9 cm³/mol. The Morgan fingerprint density at radius 3 is 1.59 bits per heavy atom. The van der Waals surface area contributed by atoms with E-state index in [1.165, 1.54) is 0 Å². The van der Waals surface area contributed by atoms with Gasteiger partial charge in [-0.1, -0.05) is 13.3 Å². The first-order valence-electron chi connectivity index (χ1n) is 6.31. The maximum Gasteiger partial charge on any atom is 0.465 e. The summed E-state index contributed by atoms with van der Waals surface area (Å²) < 4.78 is 18.5. The molecule has 0 N–H and O–H groups in total. The first kappa shape index (κ1) is 17.7. The summed E-state index contributed by atoms with van der Waals surface area (Å²) in [5, 5.41) is 0. The summed E-state index contributed by atoms with van der Waals surface area (Å²) in [4.78, 5) is 0. The Balaban J connectivity index is 4.57. The Labute approximate surface area is 113 Å². The van der Waals surface area contributed by atoms with Crippen molar-refractivity contribution >= 4 is 35.2 Å². The van der Waals surface area contributed by atoms with Gasteiger partial charge in [0.1, 0.15) is 0 Å². The van der Waals surface area contributed by atoms with Crippen LogP contribution in [0.2, 0.25) is 51.9 Å². The Morgan fingerprint density at radius 2 is 1.29 bits per heavy atom. The molecule has 0 aromatic heterocycles. The molecule has 0 aromatic rings. The molecule has 0 aliphatic heterocycles. The molecule has 0 aliphatic carbocycles. The minimum Gasteiger partial charge on any atom is -0.422 e. The second kappa shape index (κ2) is 6.78. The molecule has 103 valence electrons. The van der Waals surface area contributed by atoms with E-state index in [4.69, 9.17) is 12.3 Å². The molecule has 17 heavy (non-hydrogen) atoms. The topological polar surface area (TPSA) is 27.7 Å². The van der Waals surface area contributed by atoms with Gasteiger partial charge in [0.2, 0.25) is 0 Å². The number of rotatable bonds is 8. The number of hydrogen-bond donors (Lipinski definition) is 0. The minimum atomic E-state index is -2.40. The molecule has 0 spiro atoms. The van der Waals surface area contributed by atoms with Crippen LogP contribution >= 0.6 is 0 Å². The predicted octanol–water partition coefficient (Wildman–Crippen LogP) is 3.00. The largest absolute Gasteiger partial charge is 0.465 e. The van der Waals surface area contributed by atoms with Gasteiger partial charge >= 0.3 is 8.80 Å². The summed E-state index contributed by atoms with van der Waals surface area (Å²) >= 11 is 0. The highest BCUT2D eigenvalue weighted by molar-refractivity contribution is 6.86. The lowest BCUT2D eigenvalue weighted by molar-refractivity contribution is 0.271. The molecule has 0 heterocycles. The normalized spacial score (nSPS) is 14.8. The van der Waals surface area contributed by atoms with Crippen LogP contribution in [0.5, 0.6) is 0 Å². The quantitative estimate of drug-likeness (QED) is 0.509. The third kappa shape index (κ3) is 10.4. The zero-order valence-electron chi connectivity index (χ0n) is 12.6. The van der Waals surface area contributed by atoms with E-state index >= 15 is 0 Å². The zero-order chi connectivity index (χ0) is 13.7. The lowest BCUT2D eigenvalue weighted by Gasteiger charge is -2.37. The van der Waals surface area contributed by atoms with Gasteiger partial charge in [0.05, 0.1) is 0 Å². The van der Waals surface area contributed by atoms with Gasteiger partial charge in [0.25, 0.3) is 0 Å². The average Bonchev–Trinajstić information content (AvgIpc) is 1.96. The average molecular weight is 310 g/mol. The van der Waals surface area contributed by atoms with Crippen LogP contribution < -0.4 is 0 Å². The third-order valence-electron chi connectivity index (χ3n) is 1.74. The van der Waals surface area contributed by atoms with E-state index in [1.807, 2.05) is 0 Å². The monoisotopic (exact) mass is 309 g/mol. The van der Waals surface area contributed by atoms with E-state index in [0.29, 0.717) is 0 Å². The molecule has 0 atom stereocenters. The third-order valence-corrected chi connectivity index (χ3v) is 13.3. The smallest absolute Gasteiger partial charge is 0.422 e. The van der Waals surface area contributed by atoms with E-state index in [0.717, 1.165) is 12.5 Å². The van der Waals surface area contributed by atoms with Crippen molar-refractivity contribution in [1.82, 2.24) is 0 Å². The minimum absolute atomic E-state index is 0.537. The van der Waals surface area contributed by atoms with Crippen LogP contribution in [0.4, 0.5) is 0 Å². The molecule has 0 amide bonds. The molecule has 0 aromatic carbocycles. The van der Waals surface area contributed by atoms with Gasteiger partial charge in [0.15, 0.2) is 26.4 Å². The maximum atomic E-state index is 6.23. The molecule has 0 saturated carbocycles. The molecular formula is C10H29O3Si4. The van der Waals surface area contributed by atoms with Gasteiger partial charge in [-0.2, -0.15) is 0 Å². The summed E-state index contributed by atoms with van der Waals surface area (Å²) in [6, 6.07) is 1.10. The molecule has 0 fully saturated rings. The van der Waals surface area contributed by atoms with Crippen molar-refractivity contribution in [2.75, 3.05) is 0 Å². The van der Waals surface area contributed by atoms with Crippen molar-refractivity contribution < 1.29 is 12.3 Å². The second-order valence-corrected chi connectivity index (χ2v) is 20.4. The fourth-order valence-corrected chi connectivity index (χ4v) is 14.8. The van der Waals surface area contributed by atoms with Gasteiger partial charge in [-0.15, -0.1) is 0 Å².